The van der Waals surface area contributed by atoms with E-state index in [0.29, 0.717) is 18.7 Å². The van der Waals surface area contributed by atoms with Crippen LogP contribution in [0.15, 0.2) is 60.8 Å². The zero-order valence-electron chi connectivity index (χ0n) is 15.2. The lowest BCUT2D eigenvalue weighted by Crippen LogP contribution is -2.26. The van der Waals surface area contributed by atoms with Gasteiger partial charge in [-0.2, -0.15) is 0 Å². The predicted molar refractivity (Wildman–Crippen MR) is 103 cm³/mol. The number of anilines is 2. The average Bonchev–Trinajstić information content (AvgIpc) is 2.72. The number of benzene rings is 2. The molecule has 1 heterocycles. The van der Waals surface area contributed by atoms with Crippen molar-refractivity contribution in [3.63, 3.8) is 0 Å². The molecule has 5 nitrogen and oxygen atoms in total. The summed E-state index contributed by atoms with van der Waals surface area (Å²) in [4.78, 5) is 16.2. The van der Waals surface area contributed by atoms with E-state index in [4.69, 9.17) is 4.74 Å². The molecule has 0 aliphatic carbocycles. The Kier molecular flexibility index (Phi) is 6.16. The van der Waals surface area contributed by atoms with Gasteiger partial charge in [-0.3, -0.25) is 4.79 Å². The van der Waals surface area contributed by atoms with Crippen LogP contribution in [-0.2, 0) is 6.42 Å². The molecule has 2 aromatic carbocycles. The molecule has 0 spiro atoms. The minimum atomic E-state index is -0.708. The first-order valence-electron chi connectivity index (χ1n) is 8.65. The molecule has 0 saturated carbocycles. The van der Waals surface area contributed by atoms with E-state index in [9.17, 15) is 13.6 Å². The number of nitrogens with zero attached hydrogens (tertiary/aromatic N) is 1. The molecule has 0 fully saturated rings. The Morgan fingerprint density at radius 2 is 1.75 bits per heavy atom. The van der Waals surface area contributed by atoms with Gasteiger partial charge in [0.1, 0.15) is 28.8 Å². The molecule has 0 atom stereocenters. The number of amides is 1. The number of hydrogen-bond acceptors (Lipinski definition) is 4. The summed E-state index contributed by atoms with van der Waals surface area (Å²) in [7, 11) is 1.61. The van der Waals surface area contributed by atoms with E-state index in [1.54, 1.807) is 7.11 Å². The first-order valence-corrected chi connectivity index (χ1v) is 8.65. The largest absolute Gasteiger partial charge is 0.497 e. The SMILES string of the molecule is COc1ccc(CCNC(=O)c2ccc(Nc3c(F)cccc3F)cn2)cc1. The molecule has 3 aromatic rings. The van der Waals surface area contributed by atoms with E-state index in [-0.39, 0.29) is 17.3 Å². The Hall–Kier alpha value is -3.48. The summed E-state index contributed by atoms with van der Waals surface area (Å²) >= 11 is 0. The second-order valence-electron chi connectivity index (χ2n) is 6.01. The van der Waals surface area contributed by atoms with Gasteiger partial charge in [-0.1, -0.05) is 18.2 Å². The van der Waals surface area contributed by atoms with Crippen LogP contribution in [0.1, 0.15) is 16.1 Å². The fourth-order valence-corrected chi connectivity index (χ4v) is 2.57. The van der Waals surface area contributed by atoms with Crippen LogP contribution in [0, 0.1) is 11.6 Å². The highest BCUT2D eigenvalue weighted by atomic mass is 19.1. The van der Waals surface area contributed by atoms with Gasteiger partial charge in [-0.25, -0.2) is 13.8 Å². The van der Waals surface area contributed by atoms with Crippen LogP contribution >= 0.6 is 0 Å². The fraction of sp³-hybridized carbons (Fsp3) is 0.143. The van der Waals surface area contributed by atoms with Gasteiger partial charge < -0.3 is 15.4 Å². The van der Waals surface area contributed by atoms with Gasteiger partial charge in [0, 0.05) is 6.54 Å². The molecular formula is C21H19F2N3O2. The molecule has 3 rings (SSSR count). The third-order valence-electron chi connectivity index (χ3n) is 4.09. The summed E-state index contributed by atoms with van der Waals surface area (Å²) in [6.45, 7) is 0.452. The fourth-order valence-electron chi connectivity index (χ4n) is 2.57. The van der Waals surface area contributed by atoms with E-state index in [2.05, 4.69) is 15.6 Å². The monoisotopic (exact) mass is 383 g/mol. The van der Waals surface area contributed by atoms with Crippen molar-refractivity contribution in [2.24, 2.45) is 0 Å². The summed E-state index contributed by atoms with van der Waals surface area (Å²) in [5, 5.41) is 5.42. The molecule has 0 aliphatic heterocycles. The van der Waals surface area contributed by atoms with Gasteiger partial charge in [-0.15, -0.1) is 0 Å². The minimum Gasteiger partial charge on any atom is -0.497 e. The summed E-state index contributed by atoms with van der Waals surface area (Å²) in [6, 6.07) is 14.2. The van der Waals surface area contributed by atoms with E-state index in [1.807, 2.05) is 24.3 Å². The number of methoxy groups -OCH3 is 1. The van der Waals surface area contributed by atoms with Gasteiger partial charge in [0.05, 0.1) is 19.0 Å². The highest BCUT2D eigenvalue weighted by molar-refractivity contribution is 5.92. The lowest BCUT2D eigenvalue weighted by atomic mass is 10.1. The molecular weight excluding hydrogens is 364 g/mol. The number of para-hydroxylation sites is 1. The quantitative estimate of drug-likeness (QED) is 0.645. The standard InChI is InChI=1S/C21H19F2N3O2/c1-28-16-8-5-14(6-9-16)11-12-24-21(27)19-10-7-15(13-25-19)26-20-17(22)3-2-4-18(20)23/h2-10,13,26H,11-12H2,1H3,(H,24,27). The van der Waals surface area contributed by atoms with Gasteiger partial charge in [0.2, 0.25) is 0 Å². The molecule has 7 heteroatoms. The van der Waals surface area contributed by atoms with Crippen molar-refractivity contribution in [2.75, 3.05) is 19.0 Å². The predicted octanol–water partition coefficient (Wildman–Crippen LogP) is 4.08. The topological polar surface area (TPSA) is 63.2 Å². The maximum Gasteiger partial charge on any atom is 0.269 e. The van der Waals surface area contributed by atoms with Crippen LogP contribution in [0.5, 0.6) is 5.75 Å². The zero-order chi connectivity index (χ0) is 19.9. The molecule has 2 N–H and O–H groups in total. The summed E-state index contributed by atoms with van der Waals surface area (Å²) in [5.74, 6) is -0.959. The number of nitrogens with one attached hydrogen (secondary N) is 2. The van der Waals surface area contributed by atoms with Crippen LogP contribution in [0.25, 0.3) is 0 Å². The second-order valence-corrected chi connectivity index (χ2v) is 6.01. The van der Waals surface area contributed by atoms with Gasteiger partial charge in [0.25, 0.3) is 5.91 Å². The van der Waals surface area contributed by atoms with Crippen LogP contribution in [0.4, 0.5) is 20.2 Å². The van der Waals surface area contributed by atoms with Crippen LogP contribution in [-0.4, -0.2) is 24.5 Å². The van der Waals surface area contributed by atoms with Crippen molar-refractivity contribution >= 4 is 17.3 Å². The minimum absolute atomic E-state index is 0.217. The molecule has 0 aliphatic rings. The van der Waals surface area contributed by atoms with Crippen LogP contribution < -0.4 is 15.4 Å². The first-order chi connectivity index (χ1) is 13.6. The Labute approximate surface area is 161 Å². The van der Waals surface area contributed by atoms with E-state index in [0.717, 1.165) is 23.4 Å². The molecule has 0 unspecified atom stereocenters. The summed E-state index contributed by atoms with van der Waals surface area (Å²) in [5.41, 5.74) is 1.40. The number of aromatic nitrogens is 1. The number of hydrogen-bond donors (Lipinski definition) is 2. The van der Waals surface area contributed by atoms with Crippen molar-refractivity contribution in [1.82, 2.24) is 10.3 Å². The molecule has 144 valence electrons. The zero-order valence-corrected chi connectivity index (χ0v) is 15.2. The van der Waals surface area contributed by atoms with Gasteiger partial charge in [-0.05, 0) is 48.4 Å². The number of halogens is 2. The Morgan fingerprint density at radius 3 is 2.36 bits per heavy atom. The molecule has 0 bridgehead atoms. The van der Waals surface area contributed by atoms with Gasteiger partial charge >= 0.3 is 0 Å². The van der Waals surface area contributed by atoms with Crippen molar-refractivity contribution in [3.8, 4) is 5.75 Å². The smallest absolute Gasteiger partial charge is 0.269 e. The van der Waals surface area contributed by atoms with Crippen molar-refractivity contribution in [3.05, 3.63) is 83.7 Å². The first kappa shape index (κ1) is 19.3. The van der Waals surface area contributed by atoms with E-state index < -0.39 is 11.6 Å². The normalized spacial score (nSPS) is 10.4. The van der Waals surface area contributed by atoms with Crippen molar-refractivity contribution < 1.29 is 18.3 Å². The van der Waals surface area contributed by atoms with Crippen molar-refractivity contribution in [1.29, 1.82) is 0 Å². The molecule has 1 amide bonds. The summed E-state index contributed by atoms with van der Waals surface area (Å²) in [6.07, 6.45) is 2.02. The van der Waals surface area contributed by atoms with E-state index in [1.165, 1.54) is 24.4 Å². The highest BCUT2D eigenvalue weighted by Crippen LogP contribution is 2.22. The third-order valence-corrected chi connectivity index (χ3v) is 4.09. The number of ether oxygens (including phenoxy) is 1. The third kappa shape index (κ3) is 4.82. The number of rotatable bonds is 7. The molecule has 0 radical (unpaired) electrons. The highest BCUT2D eigenvalue weighted by Gasteiger charge is 2.10. The Bertz CT molecular complexity index is 925. The lowest BCUT2D eigenvalue weighted by molar-refractivity contribution is 0.0949. The maximum absolute atomic E-state index is 13.7. The number of pyridine rings is 1. The average molecular weight is 383 g/mol. The molecule has 28 heavy (non-hydrogen) atoms. The molecule has 0 saturated heterocycles. The van der Waals surface area contributed by atoms with Gasteiger partial charge in [0.15, 0.2) is 0 Å². The number of carbonyl (C=O) groups excluding carboxylic acids is 1. The lowest BCUT2D eigenvalue weighted by Gasteiger charge is -2.09. The summed E-state index contributed by atoms with van der Waals surface area (Å²) < 4.78 is 32.4. The second kappa shape index (κ2) is 8.94. The molecule has 1 aromatic heterocycles. The van der Waals surface area contributed by atoms with E-state index >= 15 is 0 Å². The Morgan fingerprint density at radius 1 is 1.04 bits per heavy atom. The maximum atomic E-state index is 13.7. The van der Waals surface area contributed by atoms with Crippen LogP contribution in [0.2, 0.25) is 0 Å². The number of carbonyl (C=O) groups is 1. The van der Waals surface area contributed by atoms with Crippen LogP contribution in [0.3, 0.4) is 0 Å². The Balaban J connectivity index is 1.54. The van der Waals surface area contributed by atoms with Crippen molar-refractivity contribution in [2.45, 2.75) is 6.42 Å².